The highest BCUT2D eigenvalue weighted by atomic mass is 32.2. The molecule has 0 bridgehead atoms. The maximum atomic E-state index is 5.84. The molecule has 1 aliphatic heterocycles. The third-order valence-corrected chi connectivity index (χ3v) is 5.91. The molecule has 0 saturated carbocycles. The van der Waals surface area contributed by atoms with Crippen molar-refractivity contribution in [2.45, 2.75) is 36.4 Å². The molecule has 0 N–H and O–H groups in total. The molecular weight excluding hydrogens is 340 g/mol. The van der Waals surface area contributed by atoms with Gasteiger partial charge in [0.15, 0.2) is 5.16 Å². The Bertz CT molecular complexity index is 767. The Hall–Kier alpha value is -1.70. The molecule has 0 spiro atoms. The standard InChI is InChI=1S/C17H18N4OS2/c1-2-5-13(6-3-1)15-9-18-17(23-11-16-20-19-12-24-16)21(15)10-14-7-4-8-22-14/h1-3,5-6,9,12,14H,4,7-8,10-11H2. The van der Waals surface area contributed by atoms with Crippen molar-refractivity contribution >= 4 is 23.1 Å². The normalized spacial score (nSPS) is 17.4. The number of imidazole rings is 1. The summed E-state index contributed by atoms with van der Waals surface area (Å²) in [5, 5.41) is 10.1. The first-order valence-corrected chi connectivity index (χ1v) is 9.87. The van der Waals surface area contributed by atoms with Crippen molar-refractivity contribution in [3.05, 3.63) is 47.0 Å². The van der Waals surface area contributed by atoms with Gasteiger partial charge in [0, 0.05) is 6.61 Å². The lowest BCUT2D eigenvalue weighted by Crippen LogP contribution is -2.16. The quantitative estimate of drug-likeness (QED) is 0.626. The molecule has 0 aliphatic carbocycles. The highest BCUT2D eigenvalue weighted by Crippen LogP contribution is 2.30. The fraction of sp³-hybridized carbons (Fsp3) is 0.353. The lowest BCUT2D eigenvalue weighted by Gasteiger charge is -2.16. The summed E-state index contributed by atoms with van der Waals surface area (Å²) >= 11 is 3.29. The second kappa shape index (κ2) is 7.46. The Kier molecular flexibility index (Phi) is 4.91. The van der Waals surface area contributed by atoms with Crippen LogP contribution in [0.15, 0.2) is 47.2 Å². The van der Waals surface area contributed by atoms with Gasteiger partial charge in [-0.2, -0.15) is 0 Å². The van der Waals surface area contributed by atoms with E-state index in [2.05, 4.69) is 44.0 Å². The molecule has 1 aromatic carbocycles. The lowest BCUT2D eigenvalue weighted by atomic mass is 10.1. The summed E-state index contributed by atoms with van der Waals surface area (Å²) in [6.45, 7) is 1.72. The second-order valence-corrected chi connectivity index (χ2v) is 7.52. The predicted molar refractivity (Wildman–Crippen MR) is 96.1 cm³/mol. The summed E-state index contributed by atoms with van der Waals surface area (Å²) in [6, 6.07) is 10.4. The molecule has 3 aromatic rings. The van der Waals surface area contributed by atoms with Crippen LogP contribution in [0.25, 0.3) is 11.3 Å². The maximum Gasteiger partial charge on any atom is 0.168 e. The van der Waals surface area contributed by atoms with Gasteiger partial charge in [-0.05, 0) is 18.4 Å². The Balaban J connectivity index is 1.61. The molecule has 1 unspecified atom stereocenters. The number of ether oxygens (including phenoxy) is 1. The Morgan fingerprint density at radius 2 is 2.21 bits per heavy atom. The number of benzene rings is 1. The van der Waals surface area contributed by atoms with E-state index < -0.39 is 0 Å². The SMILES string of the molecule is c1ccc(-c2cnc(SCc3nncs3)n2CC2CCCO2)cc1. The van der Waals surface area contributed by atoms with E-state index in [1.54, 1.807) is 28.6 Å². The van der Waals surface area contributed by atoms with Crippen LogP contribution in [0.1, 0.15) is 17.8 Å². The monoisotopic (exact) mass is 358 g/mol. The van der Waals surface area contributed by atoms with E-state index in [0.717, 1.165) is 47.6 Å². The maximum absolute atomic E-state index is 5.84. The lowest BCUT2D eigenvalue weighted by molar-refractivity contribution is 0.0954. The van der Waals surface area contributed by atoms with Crippen LogP contribution in [0.3, 0.4) is 0 Å². The molecule has 0 amide bonds. The summed E-state index contributed by atoms with van der Waals surface area (Å²) < 4.78 is 8.13. The highest BCUT2D eigenvalue weighted by Gasteiger charge is 2.20. The molecule has 7 heteroatoms. The smallest absolute Gasteiger partial charge is 0.168 e. The molecule has 1 saturated heterocycles. The molecule has 3 heterocycles. The van der Waals surface area contributed by atoms with E-state index >= 15 is 0 Å². The summed E-state index contributed by atoms with van der Waals surface area (Å²) in [5.41, 5.74) is 4.10. The van der Waals surface area contributed by atoms with Gasteiger partial charge in [-0.3, -0.25) is 0 Å². The molecule has 1 aliphatic rings. The first-order chi connectivity index (χ1) is 11.9. The van der Waals surface area contributed by atoms with E-state index in [0.29, 0.717) is 0 Å². The first kappa shape index (κ1) is 15.8. The largest absolute Gasteiger partial charge is 0.376 e. The van der Waals surface area contributed by atoms with Crippen molar-refractivity contribution in [2.75, 3.05) is 6.61 Å². The van der Waals surface area contributed by atoms with Gasteiger partial charge in [0.25, 0.3) is 0 Å². The van der Waals surface area contributed by atoms with Crippen LogP contribution >= 0.6 is 23.1 Å². The third-order valence-electron chi connectivity index (χ3n) is 4.03. The van der Waals surface area contributed by atoms with Gasteiger partial charge >= 0.3 is 0 Å². The van der Waals surface area contributed by atoms with Crippen LogP contribution in [0.2, 0.25) is 0 Å². The molecule has 4 rings (SSSR count). The molecule has 124 valence electrons. The fourth-order valence-electron chi connectivity index (χ4n) is 2.87. The minimum absolute atomic E-state index is 0.280. The van der Waals surface area contributed by atoms with E-state index in [1.165, 1.54) is 5.56 Å². The molecule has 5 nitrogen and oxygen atoms in total. The van der Waals surface area contributed by atoms with Crippen LogP contribution in [0.5, 0.6) is 0 Å². The van der Waals surface area contributed by atoms with Crippen molar-refractivity contribution in [2.24, 2.45) is 0 Å². The van der Waals surface area contributed by atoms with Gasteiger partial charge < -0.3 is 9.30 Å². The minimum Gasteiger partial charge on any atom is -0.376 e. The van der Waals surface area contributed by atoms with Crippen LogP contribution < -0.4 is 0 Å². The molecule has 2 aromatic heterocycles. The average molecular weight is 358 g/mol. The molecule has 0 radical (unpaired) electrons. The van der Waals surface area contributed by atoms with E-state index in [-0.39, 0.29) is 6.10 Å². The molecule has 1 fully saturated rings. The fourth-order valence-corrected chi connectivity index (χ4v) is 4.39. The van der Waals surface area contributed by atoms with E-state index in [1.807, 2.05) is 12.3 Å². The Morgan fingerprint density at radius 1 is 1.29 bits per heavy atom. The number of aromatic nitrogens is 4. The van der Waals surface area contributed by atoms with Crippen LogP contribution in [-0.2, 0) is 17.0 Å². The van der Waals surface area contributed by atoms with Crippen molar-refractivity contribution in [1.29, 1.82) is 0 Å². The van der Waals surface area contributed by atoms with Gasteiger partial charge in [0.05, 0.1) is 30.3 Å². The van der Waals surface area contributed by atoms with Crippen LogP contribution in [0, 0.1) is 0 Å². The van der Waals surface area contributed by atoms with Gasteiger partial charge in [-0.1, -0.05) is 42.1 Å². The Morgan fingerprint density at radius 3 is 2.96 bits per heavy atom. The van der Waals surface area contributed by atoms with Crippen molar-refractivity contribution < 1.29 is 4.74 Å². The predicted octanol–water partition coefficient (Wildman–Crippen LogP) is 3.87. The second-order valence-electron chi connectivity index (χ2n) is 5.66. The molecule has 24 heavy (non-hydrogen) atoms. The number of hydrogen-bond donors (Lipinski definition) is 0. The van der Waals surface area contributed by atoms with Crippen molar-refractivity contribution in [3.8, 4) is 11.3 Å². The Labute approximate surface area is 149 Å². The third kappa shape index (κ3) is 3.53. The van der Waals surface area contributed by atoms with Gasteiger partial charge in [0.1, 0.15) is 10.5 Å². The first-order valence-electron chi connectivity index (χ1n) is 8.00. The van der Waals surface area contributed by atoms with Crippen LogP contribution in [-0.4, -0.2) is 32.5 Å². The zero-order valence-electron chi connectivity index (χ0n) is 13.2. The summed E-state index contributed by atoms with van der Waals surface area (Å²) in [4.78, 5) is 4.66. The average Bonchev–Trinajstić information content (AvgIpc) is 3.37. The van der Waals surface area contributed by atoms with Gasteiger partial charge in [-0.25, -0.2) is 4.98 Å². The zero-order valence-corrected chi connectivity index (χ0v) is 14.8. The van der Waals surface area contributed by atoms with Crippen LogP contribution in [0.4, 0.5) is 0 Å². The number of hydrogen-bond acceptors (Lipinski definition) is 6. The molecule has 1 atom stereocenters. The zero-order chi connectivity index (χ0) is 16.2. The number of nitrogens with zero attached hydrogens (tertiary/aromatic N) is 4. The highest BCUT2D eigenvalue weighted by molar-refractivity contribution is 7.98. The van der Waals surface area contributed by atoms with Gasteiger partial charge in [0.2, 0.25) is 0 Å². The van der Waals surface area contributed by atoms with Gasteiger partial charge in [-0.15, -0.1) is 21.5 Å². The summed E-state index contributed by atoms with van der Waals surface area (Å²) in [7, 11) is 0. The topological polar surface area (TPSA) is 52.8 Å². The van der Waals surface area contributed by atoms with E-state index in [9.17, 15) is 0 Å². The van der Waals surface area contributed by atoms with Crippen molar-refractivity contribution in [3.63, 3.8) is 0 Å². The van der Waals surface area contributed by atoms with E-state index in [4.69, 9.17) is 4.74 Å². The summed E-state index contributed by atoms with van der Waals surface area (Å²) in [5.74, 6) is 0.793. The minimum atomic E-state index is 0.280. The van der Waals surface area contributed by atoms with Crippen molar-refractivity contribution in [1.82, 2.24) is 19.7 Å². The summed E-state index contributed by atoms with van der Waals surface area (Å²) in [6.07, 6.45) is 4.51. The number of thioether (sulfide) groups is 1. The number of rotatable bonds is 6. The molecular formula is C17H18N4OS2.